The first-order valence-corrected chi connectivity index (χ1v) is 8.26. The Labute approximate surface area is 106 Å². The van der Waals surface area contributed by atoms with E-state index in [-0.39, 0.29) is 6.04 Å². The van der Waals surface area contributed by atoms with Crippen LogP contribution < -0.4 is 4.72 Å². The smallest absolute Gasteiger partial charge is 0.212 e. The molecule has 1 aliphatic rings. The Kier molecular flexibility index (Phi) is 5.02. The van der Waals surface area contributed by atoms with Crippen LogP contribution in [-0.2, 0) is 10.0 Å². The Bertz CT molecular complexity index is 330. The molecule has 0 aromatic heterocycles. The molecule has 0 bridgehead atoms. The highest BCUT2D eigenvalue weighted by Gasteiger charge is 2.32. The largest absolute Gasteiger partial charge is 0.216 e. The minimum Gasteiger partial charge on any atom is -0.212 e. The van der Waals surface area contributed by atoms with Gasteiger partial charge in [0.05, 0.1) is 4.75 Å². The average Bonchev–Trinajstić information content (AvgIpc) is 2.40. The van der Waals surface area contributed by atoms with Gasteiger partial charge < -0.3 is 0 Å². The Morgan fingerprint density at radius 3 is 2.29 bits per heavy atom. The van der Waals surface area contributed by atoms with Crippen LogP contribution in [0.5, 0.6) is 0 Å². The quantitative estimate of drug-likeness (QED) is 0.794. The normalized spacial score (nSPS) is 27.8. The van der Waals surface area contributed by atoms with Crippen molar-refractivity contribution >= 4 is 10.0 Å². The lowest BCUT2D eigenvalue weighted by Gasteiger charge is -2.26. The molecule has 0 amide bonds. The molecular weight excluding hydrogens is 234 g/mol. The fourth-order valence-corrected chi connectivity index (χ4v) is 3.34. The summed E-state index contributed by atoms with van der Waals surface area (Å²) in [4.78, 5) is 0. The molecule has 0 radical (unpaired) electrons. The van der Waals surface area contributed by atoms with Crippen LogP contribution in [0, 0.1) is 5.92 Å². The second kappa shape index (κ2) is 5.70. The van der Waals surface area contributed by atoms with Gasteiger partial charge in [-0.25, -0.2) is 13.1 Å². The van der Waals surface area contributed by atoms with Crippen LogP contribution in [0.15, 0.2) is 0 Å². The highest BCUT2D eigenvalue weighted by atomic mass is 32.2. The molecule has 1 rings (SSSR count). The van der Waals surface area contributed by atoms with Gasteiger partial charge in [-0.1, -0.05) is 32.6 Å². The Morgan fingerprint density at radius 1 is 1.18 bits per heavy atom. The number of rotatable bonds is 3. The summed E-state index contributed by atoms with van der Waals surface area (Å²) in [5, 5.41) is 0. The molecule has 1 saturated carbocycles. The average molecular weight is 261 g/mol. The molecule has 102 valence electrons. The summed E-state index contributed by atoms with van der Waals surface area (Å²) >= 11 is 0. The van der Waals surface area contributed by atoms with E-state index in [0.29, 0.717) is 5.92 Å². The second-order valence-electron chi connectivity index (χ2n) is 6.23. The van der Waals surface area contributed by atoms with Gasteiger partial charge in [-0.15, -0.1) is 0 Å². The van der Waals surface area contributed by atoms with E-state index in [1.807, 2.05) is 0 Å². The summed E-state index contributed by atoms with van der Waals surface area (Å²) in [7, 11) is -3.20. The summed E-state index contributed by atoms with van der Waals surface area (Å²) in [5.74, 6) is 0.685. The number of hydrogen-bond acceptors (Lipinski definition) is 2. The maximum absolute atomic E-state index is 12.1. The van der Waals surface area contributed by atoms with Gasteiger partial charge in [0, 0.05) is 6.04 Å². The number of sulfonamides is 1. The van der Waals surface area contributed by atoms with E-state index in [9.17, 15) is 8.42 Å². The van der Waals surface area contributed by atoms with E-state index in [1.54, 1.807) is 20.8 Å². The van der Waals surface area contributed by atoms with Crippen molar-refractivity contribution in [3.63, 3.8) is 0 Å². The summed E-state index contributed by atoms with van der Waals surface area (Å²) in [6, 6.07) is 0.145. The predicted molar refractivity (Wildman–Crippen MR) is 72.5 cm³/mol. The minimum absolute atomic E-state index is 0.145. The maximum atomic E-state index is 12.1. The molecule has 1 fully saturated rings. The molecule has 2 atom stereocenters. The summed E-state index contributed by atoms with van der Waals surface area (Å²) in [5.41, 5.74) is 0. The lowest BCUT2D eigenvalue weighted by atomic mass is 9.96. The fourth-order valence-electron chi connectivity index (χ4n) is 2.34. The molecule has 0 saturated heterocycles. The minimum atomic E-state index is -3.20. The first-order valence-electron chi connectivity index (χ1n) is 6.78. The lowest BCUT2D eigenvalue weighted by molar-refractivity contribution is 0.402. The third-order valence-corrected chi connectivity index (χ3v) is 5.99. The standard InChI is InChI=1S/C13H27NO2S/c1-5-11-8-6-7-9-12(10-11)14-17(15,16)13(2,3)4/h11-12,14H,5-10H2,1-4H3/t11-,12?/m0/s1. The monoisotopic (exact) mass is 261 g/mol. The van der Waals surface area contributed by atoms with Crippen LogP contribution in [0.2, 0.25) is 0 Å². The van der Waals surface area contributed by atoms with Crippen molar-refractivity contribution < 1.29 is 8.42 Å². The van der Waals surface area contributed by atoms with Crippen molar-refractivity contribution in [2.24, 2.45) is 5.92 Å². The SMILES string of the molecule is CC[C@H]1CCCCC(NS(=O)(=O)C(C)(C)C)C1. The van der Waals surface area contributed by atoms with Crippen LogP contribution in [0.25, 0.3) is 0 Å². The van der Waals surface area contributed by atoms with Crippen molar-refractivity contribution in [1.29, 1.82) is 0 Å². The zero-order valence-electron chi connectivity index (χ0n) is 11.6. The molecule has 1 unspecified atom stereocenters. The van der Waals surface area contributed by atoms with Gasteiger partial charge in [0.25, 0.3) is 0 Å². The zero-order chi connectivity index (χ0) is 13.1. The van der Waals surface area contributed by atoms with Crippen molar-refractivity contribution in [3.05, 3.63) is 0 Å². The van der Waals surface area contributed by atoms with E-state index in [0.717, 1.165) is 25.7 Å². The van der Waals surface area contributed by atoms with Gasteiger partial charge in [-0.2, -0.15) is 0 Å². The first-order chi connectivity index (χ1) is 7.76. The molecule has 3 nitrogen and oxygen atoms in total. The molecule has 0 aromatic carbocycles. The van der Waals surface area contributed by atoms with Crippen LogP contribution >= 0.6 is 0 Å². The molecule has 0 aromatic rings. The molecule has 0 aliphatic heterocycles. The molecular formula is C13H27NO2S. The topological polar surface area (TPSA) is 46.2 Å². The summed E-state index contributed by atoms with van der Waals surface area (Å²) in [6.45, 7) is 7.46. The zero-order valence-corrected chi connectivity index (χ0v) is 12.4. The van der Waals surface area contributed by atoms with Crippen molar-refractivity contribution in [2.45, 2.75) is 77.0 Å². The molecule has 17 heavy (non-hydrogen) atoms. The molecule has 1 aliphatic carbocycles. The summed E-state index contributed by atoms with van der Waals surface area (Å²) < 4.78 is 26.4. The lowest BCUT2D eigenvalue weighted by Crippen LogP contribution is -2.45. The van der Waals surface area contributed by atoms with Crippen LogP contribution in [-0.4, -0.2) is 19.2 Å². The van der Waals surface area contributed by atoms with E-state index >= 15 is 0 Å². The van der Waals surface area contributed by atoms with Gasteiger partial charge in [0.1, 0.15) is 0 Å². The third kappa shape index (κ3) is 4.25. The Hall–Kier alpha value is -0.0900. The fraction of sp³-hybridized carbons (Fsp3) is 1.00. The van der Waals surface area contributed by atoms with Gasteiger partial charge in [-0.3, -0.25) is 0 Å². The van der Waals surface area contributed by atoms with E-state index < -0.39 is 14.8 Å². The van der Waals surface area contributed by atoms with Crippen LogP contribution in [0.1, 0.15) is 66.2 Å². The first kappa shape index (κ1) is 15.0. The van der Waals surface area contributed by atoms with Gasteiger partial charge in [0.2, 0.25) is 10.0 Å². The van der Waals surface area contributed by atoms with Crippen LogP contribution in [0.4, 0.5) is 0 Å². The van der Waals surface area contributed by atoms with E-state index in [2.05, 4.69) is 11.6 Å². The Balaban J connectivity index is 2.67. The van der Waals surface area contributed by atoms with Crippen molar-refractivity contribution in [3.8, 4) is 0 Å². The highest BCUT2D eigenvalue weighted by molar-refractivity contribution is 7.90. The van der Waals surface area contributed by atoms with Gasteiger partial charge >= 0.3 is 0 Å². The van der Waals surface area contributed by atoms with Crippen molar-refractivity contribution in [1.82, 2.24) is 4.72 Å². The predicted octanol–water partition coefficient (Wildman–Crippen LogP) is 3.06. The molecule has 0 spiro atoms. The third-order valence-electron chi connectivity index (χ3n) is 3.74. The molecule has 0 heterocycles. The highest BCUT2D eigenvalue weighted by Crippen LogP contribution is 2.27. The Morgan fingerprint density at radius 2 is 1.76 bits per heavy atom. The van der Waals surface area contributed by atoms with Gasteiger partial charge in [0.15, 0.2) is 0 Å². The van der Waals surface area contributed by atoms with E-state index in [4.69, 9.17) is 0 Å². The summed E-state index contributed by atoms with van der Waals surface area (Å²) in [6.07, 6.45) is 6.80. The van der Waals surface area contributed by atoms with Crippen LogP contribution in [0.3, 0.4) is 0 Å². The van der Waals surface area contributed by atoms with Crippen molar-refractivity contribution in [2.75, 3.05) is 0 Å². The maximum Gasteiger partial charge on any atom is 0.216 e. The number of nitrogens with one attached hydrogen (secondary N) is 1. The second-order valence-corrected chi connectivity index (χ2v) is 8.69. The molecule has 4 heteroatoms. The van der Waals surface area contributed by atoms with Gasteiger partial charge in [-0.05, 0) is 39.5 Å². The van der Waals surface area contributed by atoms with E-state index in [1.165, 1.54) is 12.8 Å². The number of hydrogen-bond donors (Lipinski definition) is 1. The molecule has 1 N–H and O–H groups in total.